The molecule has 4 nitrogen and oxygen atoms in total. The summed E-state index contributed by atoms with van der Waals surface area (Å²) in [5.41, 5.74) is 11.2. The van der Waals surface area contributed by atoms with Gasteiger partial charge < -0.3 is 10.1 Å². The summed E-state index contributed by atoms with van der Waals surface area (Å²) in [4.78, 5) is 7.47. The van der Waals surface area contributed by atoms with Crippen molar-refractivity contribution in [2.75, 3.05) is 18.8 Å². The van der Waals surface area contributed by atoms with Gasteiger partial charge in [0, 0.05) is 28.5 Å². The number of benzene rings is 1. The van der Waals surface area contributed by atoms with Crippen LogP contribution in [0.2, 0.25) is 0 Å². The second-order valence-corrected chi connectivity index (χ2v) is 7.71. The Morgan fingerprint density at radius 3 is 2.40 bits per heavy atom. The van der Waals surface area contributed by atoms with Gasteiger partial charge in [-0.2, -0.15) is 0 Å². The van der Waals surface area contributed by atoms with Gasteiger partial charge in [-0.1, -0.05) is 40.9 Å². The van der Waals surface area contributed by atoms with Crippen LogP contribution in [0.1, 0.15) is 31.4 Å². The summed E-state index contributed by atoms with van der Waals surface area (Å²) in [6.07, 6.45) is 7.25. The highest BCUT2D eigenvalue weighted by atomic mass is 79.9. The number of hydrogen-bond acceptors (Lipinski definition) is 3. The number of halogens is 1. The quantitative estimate of drug-likeness (QED) is 0.693. The van der Waals surface area contributed by atoms with Crippen molar-refractivity contribution in [3.05, 3.63) is 52.8 Å². The predicted octanol–water partition coefficient (Wildman–Crippen LogP) is 4.72. The average molecular weight is 399 g/mol. The summed E-state index contributed by atoms with van der Waals surface area (Å²) in [5, 5.41) is 0. The Hall–Kier alpha value is -1.85. The first-order valence-corrected chi connectivity index (χ1v) is 9.75. The summed E-state index contributed by atoms with van der Waals surface area (Å²) in [6, 6.07) is 12.3. The third-order valence-corrected chi connectivity index (χ3v) is 5.46. The molecular formula is C20H23BrN4. The fourth-order valence-electron chi connectivity index (χ4n) is 3.61. The van der Waals surface area contributed by atoms with Gasteiger partial charge in [0.1, 0.15) is 5.65 Å². The zero-order valence-electron chi connectivity index (χ0n) is 14.3. The molecule has 0 radical (unpaired) electrons. The van der Waals surface area contributed by atoms with Crippen LogP contribution >= 0.6 is 15.9 Å². The number of likely N-dealkylation sites (tertiary alicyclic amines) is 1. The van der Waals surface area contributed by atoms with E-state index in [0.717, 1.165) is 46.7 Å². The van der Waals surface area contributed by atoms with E-state index in [1.165, 1.54) is 31.4 Å². The van der Waals surface area contributed by atoms with E-state index >= 15 is 0 Å². The number of fused-ring (bicyclic) bond motifs is 1. The Bertz CT molecular complexity index is 861. The maximum Gasteiger partial charge on any atom is 0.137 e. The van der Waals surface area contributed by atoms with Gasteiger partial charge in [0.05, 0.1) is 11.4 Å². The second kappa shape index (κ2) is 7.18. The minimum absolute atomic E-state index is 0.768. The van der Waals surface area contributed by atoms with E-state index in [1.807, 2.05) is 18.3 Å². The van der Waals surface area contributed by atoms with Gasteiger partial charge in [-0.3, -0.25) is 4.90 Å². The van der Waals surface area contributed by atoms with Crippen LogP contribution in [0, 0.1) is 0 Å². The van der Waals surface area contributed by atoms with Crippen molar-refractivity contribution in [3.8, 4) is 11.3 Å². The lowest BCUT2D eigenvalue weighted by Crippen LogP contribution is -2.25. The monoisotopic (exact) mass is 398 g/mol. The predicted molar refractivity (Wildman–Crippen MR) is 106 cm³/mol. The fraction of sp³-hybridized carbons (Fsp3) is 0.350. The van der Waals surface area contributed by atoms with E-state index in [9.17, 15) is 0 Å². The van der Waals surface area contributed by atoms with Crippen molar-refractivity contribution in [1.82, 2.24) is 14.3 Å². The van der Waals surface area contributed by atoms with Gasteiger partial charge in [-0.15, -0.1) is 0 Å². The number of pyridine rings is 1. The Kier molecular flexibility index (Phi) is 4.77. The number of anilines is 1. The second-order valence-electron chi connectivity index (χ2n) is 6.79. The largest absolute Gasteiger partial charge is 0.398 e. The molecule has 0 atom stereocenters. The van der Waals surface area contributed by atoms with E-state index in [2.05, 4.69) is 49.5 Å². The minimum atomic E-state index is 0.768. The van der Waals surface area contributed by atoms with E-state index in [1.54, 1.807) is 0 Å². The third kappa shape index (κ3) is 3.58. The van der Waals surface area contributed by atoms with E-state index in [4.69, 9.17) is 10.7 Å². The van der Waals surface area contributed by atoms with Crippen LogP contribution in [-0.2, 0) is 6.54 Å². The van der Waals surface area contributed by atoms with Crippen LogP contribution in [0.3, 0.4) is 0 Å². The molecule has 5 heteroatoms. The molecule has 1 aliphatic heterocycles. The van der Waals surface area contributed by atoms with Crippen molar-refractivity contribution >= 4 is 27.3 Å². The van der Waals surface area contributed by atoms with Gasteiger partial charge in [-0.05, 0) is 50.2 Å². The maximum atomic E-state index is 6.05. The lowest BCUT2D eigenvalue weighted by atomic mass is 10.1. The molecule has 2 N–H and O–H groups in total. The molecule has 1 fully saturated rings. The number of aromatic nitrogens is 2. The summed E-state index contributed by atoms with van der Waals surface area (Å²) in [7, 11) is 0. The van der Waals surface area contributed by atoms with E-state index in [0.29, 0.717) is 0 Å². The van der Waals surface area contributed by atoms with E-state index in [-0.39, 0.29) is 0 Å². The van der Waals surface area contributed by atoms with Crippen LogP contribution in [0.15, 0.2) is 47.1 Å². The Morgan fingerprint density at radius 2 is 1.68 bits per heavy atom. The van der Waals surface area contributed by atoms with Crippen LogP contribution in [0.5, 0.6) is 0 Å². The van der Waals surface area contributed by atoms with Crippen molar-refractivity contribution in [2.24, 2.45) is 0 Å². The number of rotatable bonds is 3. The number of nitrogen functional groups attached to an aromatic ring is 1. The van der Waals surface area contributed by atoms with Gasteiger partial charge in [0.2, 0.25) is 0 Å². The smallest absolute Gasteiger partial charge is 0.137 e. The molecule has 3 aromatic rings. The number of imidazole rings is 1. The molecule has 25 heavy (non-hydrogen) atoms. The van der Waals surface area contributed by atoms with Crippen molar-refractivity contribution in [2.45, 2.75) is 32.2 Å². The zero-order chi connectivity index (χ0) is 17.2. The lowest BCUT2D eigenvalue weighted by Gasteiger charge is -2.20. The number of nitrogens with two attached hydrogens (primary N) is 1. The average Bonchev–Trinajstić information content (AvgIpc) is 2.79. The minimum Gasteiger partial charge on any atom is -0.398 e. The molecule has 4 rings (SSSR count). The first-order chi connectivity index (χ1) is 12.2. The number of hydrogen-bond donors (Lipinski definition) is 1. The first kappa shape index (κ1) is 16.6. The molecule has 3 heterocycles. The van der Waals surface area contributed by atoms with Crippen molar-refractivity contribution in [1.29, 1.82) is 0 Å². The molecule has 0 bridgehead atoms. The van der Waals surface area contributed by atoms with Crippen LogP contribution in [-0.4, -0.2) is 27.4 Å². The molecular weight excluding hydrogens is 376 g/mol. The van der Waals surface area contributed by atoms with Crippen LogP contribution in [0.4, 0.5) is 5.69 Å². The summed E-state index contributed by atoms with van der Waals surface area (Å²) in [6.45, 7) is 3.24. The SMILES string of the molecule is Nc1ccc2nc(-c3ccc(Br)cc3)c(CN3CCCCCC3)n2c1. The highest BCUT2D eigenvalue weighted by molar-refractivity contribution is 9.10. The number of nitrogens with zero attached hydrogens (tertiary/aromatic N) is 3. The fourth-order valence-corrected chi connectivity index (χ4v) is 3.87. The standard InChI is InChI=1S/C20H23BrN4/c21-16-7-5-15(6-8-16)20-18(14-24-11-3-1-2-4-12-24)25-13-17(22)9-10-19(25)23-20/h5-10,13H,1-4,11-12,14,22H2. The highest BCUT2D eigenvalue weighted by Gasteiger charge is 2.18. The molecule has 0 spiro atoms. The Balaban J connectivity index is 1.79. The van der Waals surface area contributed by atoms with E-state index < -0.39 is 0 Å². The molecule has 1 saturated heterocycles. The van der Waals surface area contributed by atoms with Crippen LogP contribution in [0.25, 0.3) is 16.9 Å². The normalized spacial score (nSPS) is 16.2. The summed E-state index contributed by atoms with van der Waals surface area (Å²) in [5.74, 6) is 0. The maximum absolute atomic E-state index is 6.05. The van der Waals surface area contributed by atoms with Crippen molar-refractivity contribution in [3.63, 3.8) is 0 Å². The topological polar surface area (TPSA) is 46.6 Å². The zero-order valence-corrected chi connectivity index (χ0v) is 15.9. The molecule has 1 aromatic carbocycles. The lowest BCUT2D eigenvalue weighted by molar-refractivity contribution is 0.273. The van der Waals surface area contributed by atoms with Gasteiger partial charge in [0.15, 0.2) is 0 Å². The molecule has 0 unspecified atom stereocenters. The van der Waals surface area contributed by atoms with Gasteiger partial charge in [-0.25, -0.2) is 4.98 Å². The summed E-state index contributed by atoms with van der Waals surface area (Å²) >= 11 is 3.52. The molecule has 2 aromatic heterocycles. The third-order valence-electron chi connectivity index (χ3n) is 4.93. The summed E-state index contributed by atoms with van der Waals surface area (Å²) < 4.78 is 3.25. The first-order valence-electron chi connectivity index (χ1n) is 8.95. The molecule has 0 aliphatic carbocycles. The highest BCUT2D eigenvalue weighted by Crippen LogP contribution is 2.28. The van der Waals surface area contributed by atoms with Gasteiger partial charge in [0.25, 0.3) is 0 Å². The molecule has 1 aliphatic rings. The van der Waals surface area contributed by atoms with Crippen molar-refractivity contribution < 1.29 is 0 Å². The Morgan fingerprint density at radius 1 is 0.960 bits per heavy atom. The molecule has 0 amide bonds. The Labute approximate surface area is 156 Å². The molecule has 0 saturated carbocycles. The van der Waals surface area contributed by atoms with Crippen LogP contribution < -0.4 is 5.73 Å². The molecule has 130 valence electrons. The van der Waals surface area contributed by atoms with Gasteiger partial charge >= 0.3 is 0 Å².